The molecule has 0 aliphatic carbocycles. The smallest absolute Gasteiger partial charge is 0.251 e. The van der Waals surface area contributed by atoms with Crippen LogP contribution < -0.4 is 10.6 Å². The molecule has 2 aliphatic heterocycles. The summed E-state index contributed by atoms with van der Waals surface area (Å²) in [5.41, 5.74) is 3.20. The van der Waals surface area contributed by atoms with Crippen LogP contribution in [-0.4, -0.2) is 43.0 Å². The summed E-state index contributed by atoms with van der Waals surface area (Å²) in [7, 11) is 2.15. The predicted molar refractivity (Wildman–Crippen MR) is 81.2 cm³/mol. The maximum Gasteiger partial charge on any atom is 0.251 e. The van der Waals surface area contributed by atoms with E-state index in [4.69, 9.17) is 0 Å². The third-order valence-corrected chi connectivity index (χ3v) is 4.63. The van der Waals surface area contributed by atoms with Crippen LogP contribution in [0.15, 0.2) is 18.2 Å². The van der Waals surface area contributed by atoms with E-state index in [1.807, 2.05) is 12.1 Å². The topological polar surface area (TPSA) is 44.4 Å². The van der Waals surface area contributed by atoms with Gasteiger partial charge in [-0.15, -0.1) is 0 Å². The molecule has 0 spiro atoms. The van der Waals surface area contributed by atoms with Crippen molar-refractivity contribution in [3.63, 3.8) is 0 Å². The largest absolute Gasteiger partial charge is 0.384 e. The molecule has 1 fully saturated rings. The highest BCUT2D eigenvalue weighted by Crippen LogP contribution is 2.23. The first-order valence-electron chi connectivity index (χ1n) is 7.51. The van der Waals surface area contributed by atoms with E-state index in [1.165, 1.54) is 5.56 Å². The number of nitrogens with one attached hydrogen (secondary N) is 2. The highest BCUT2D eigenvalue weighted by molar-refractivity contribution is 5.95. The molecule has 108 valence electrons. The molecular weight excluding hydrogens is 250 g/mol. The van der Waals surface area contributed by atoms with Crippen molar-refractivity contribution in [3.05, 3.63) is 29.3 Å². The van der Waals surface area contributed by atoms with Crippen molar-refractivity contribution in [3.8, 4) is 0 Å². The van der Waals surface area contributed by atoms with Crippen molar-refractivity contribution in [2.75, 3.05) is 25.5 Å². The third-order valence-electron chi connectivity index (χ3n) is 4.63. The van der Waals surface area contributed by atoms with Gasteiger partial charge in [0.2, 0.25) is 0 Å². The summed E-state index contributed by atoms with van der Waals surface area (Å²) in [6, 6.07) is 6.84. The fraction of sp³-hybridized carbons (Fsp3) is 0.562. The molecule has 2 N–H and O–H groups in total. The van der Waals surface area contributed by atoms with Crippen LogP contribution in [0, 0.1) is 0 Å². The quantitative estimate of drug-likeness (QED) is 0.864. The van der Waals surface area contributed by atoms with Crippen LogP contribution >= 0.6 is 0 Å². The number of likely N-dealkylation sites (tertiary alicyclic amines) is 1. The van der Waals surface area contributed by atoms with E-state index in [-0.39, 0.29) is 5.91 Å². The van der Waals surface area contributed by atoms with Crippen molar-refractivity contribution < 1.29 is 4.79 Å². The number of amides is 1. The second-order valence-corrected chi connectivity index (χ2v) is 6.07. The Labute approximate surface area is 120 Å². The molecule has 1 aromatic rings. The van der Waals surface area contributed by atoms with Crippen molar-refractivity contribution in [2.24, 2.45) is 0 Å². The Kier molecular flexibility index (Phi) is 3.66. The minimum absolute atomic E-state index is 0.0586. The van der Waals surface area contributed by atoms with E-state index in [9.17, 15) is 4.79 Å². The van der Waals surface area contributed by atoms with Gasteiger partial charge in [-0.1, -0.05) is 6.07 Å². The van der Waals surface area contributed by atoms with Crippen molar-refractivity contribution in [1.29, 1.82) is 0 Å². The molecule has 1 saturated heterocycles. The monoisotopic (exact) mass is 273 g/mol. The first kappa shape index (κ1) is 13.4. The molecule has 4 heteroatoms. The fourth-order valence-electron chi connectivity index (χ4n) is 3.12. The van der Waals surface area contributed by atoms with Crippen molar-refractivity contribution in [1.82, 2.24) is 10.2 Å². The second-order valence-electron chi connectivity index (χ2n) is 6.07. The van der Waals surface area contributed by atoms with E-state index >= 15 is 0 Å². The first-order chi connectivity index (χ1) is 9.63. The van der Waals surface area contributed by atoms with E-state index in [2.05, 4.69) is 35.6 Å². The zero-order chi connectivity index (χ0) is 14.1. The second kappa shape index (κ2) is 5.44. The molecule has 4 nitrogen and oxygen atoms in total. The zero-order valence-corrected chi connectivity index (χ0v) is 12.3. The minimum atomic E-state index is 0.0586. The van der Waals surface area contributed by atoms with Gasteiger partial charge in [-0.3, -0.25) is 4.79 Å². The molecule has 2 unspecified atom stereocenters. The molecule has 0 saturated carbocycles. The van der Waals surface area contributed by atoms with E-state index in [0.29, 0.717) is 12.1 Å². The molecule has 0 bridgehead atoms. The summed E-state index contributed by atoms with van der Waals surface area (Å²) in [6.07, 6.45) is 3.13. The lowest BCUT2D eigenvalue weighted by molar-refractivity contribution is 0.0896. The molecule has 1 amide bonds. The minimum Gasteiger partial charge on any atom is -0.384 e. The van der Waals surface area contributed by atoms with Gasteiger partial charge < -0.3 is 15.5 Å². The number of rotatable bonds is 2. The summed E-state index contributed by atoms with van der Waals surface area (Å²) in [4.78, 5) is 14.7. The maximum absolute atomic E-state index is 12.3. The Morgan fingerprint density at radius 2 is 2.30 bits per heavy atom. The highest BCUT2D eigenvalue weighted by Gasteiger charge is 2.24. The van der Waals surface area contributed by atoms with E-state index in [1.54, 1.807) is 0 Å². The zero-order valence-electron chi connectivity index (χ0n) is 12.3. The summed E-state index contributed by atoms with van der Waals surface area (Å²) in [5.74, 6) is 0.0586. The van der Waals surface area contributed by atoms with Crippen LogP contribution in [0.3, 0.4) is 0 Å². The molecular formula is C16H23N3O. The van der Waals surface area contributed by atoms with Gasteiger partial charge in [0, 0.05) is 36.4 Å². The average molecular weight is 273 g/mol. The molecule has 20 heavy (non-hydrogen) atoms. The lowest BCUT2D eigenvalue weighted by Crippen LogP contribution is -2.47. The number of carbonyl (C=O) groups is 1. The van der Waals surface area contributed by atoms with E-state index in [0.717, 1.165) is 43.6 Å². The molecule has 2 heterocycles. The number of benzene rings is 1. The highest BCUT2D eigenvalue weighted by atomic mass is 16.1. The maximum atomic E-state index is 12.3. The number of anilines is 1. The van der Waals surface area contributed by atoms with Crippen LogP contribution in [0.25, 0.3) is 0 Å². The SMILES string of the molecule is CC1CC(NC(=O)c2ccc3c(c2)NCC3)CCN1C. The predicted octanol–water partition coefficient (Wildman–Crippen LogP) is 1.87. The summed E-state index contributed by atoms with van der Waals surface area (Å²) in [6.45, 7) is 4.25. The van der Waals surface area contributed by atoms with Crippen LogP contribution in [0.1, 0.15) is 35.7 Å². The van der Waals surface area contributed by atoms with Gasteiger partial charge >= 0.3 is 0 Å². The van der Waals surface area contributed by atoms with Crippen molar-refractivity contribution >= 4 is 11.6 Å². The lowest BCUT2D eigenvalue weighted by Gasteiger charge is -2.35. The van der Waals surface area contributed by atoms with Gasteiger partial charge in [0.05, 0.1) is 0 Å². The van der Waals surface area contributed by atoms with Gasteiger partial charge in [-0.05, 0) is 50.9 Å². The van der Waals surface area contributed by atoms with Crippen LogP contribution in [0.4, 0.5) is 5.69 Å². The van der Waals surface area contributed by atoms with Gasteiger partial charge in [-0.25, -0.2) is 0 Å². The summed E-state index contributed by atoms with van der Waals surface area (Å²) < 4.78 is 0. The standard InChI is InChI=1S/C16H23N3O/c1-11-9-14(6-8-19(11)2)18-16(20)13-4-3-12-5-7-17-15(12)10-13/h3-4,10-11,14,17H,5-9H2,1-2H3,(H,18,20). The van der Waals surface area contributed by atoms with Gasteiger partial charge in [0.1, 0.15) is 0 Å². The molecule has 1 aromatic carbocycles. The van der Waals surface area contributed by atoms with Crippen LogP contribution in [0.2, 0.25) is 0 Å². The van der Waals surface area contributed by atoms with Gasteiger partial charge in [0.25, 0.3) is 5.91 Å². The Balaban J connectivity index is 1.65. The molecule has 0 radical (unpaired) electrons. The molecule has 2 aliphatic rings. The van der Waals surface area contributed by atoms with Gasteiger partial charge in [0.15, 0.2) is 0 Å². The van der Waals surface area contributed by atoms with Gasteiger partial charge in [-0.2, -0.15) is 0 Å². The first-order valence-corrected chi connectivity index (χ1v) is 7.51. The number of hydrogen-bond acceptors (Lipinski definition) is 3. The van der Waals surface area contributed by atoms with E-state index < -0.39 is 0 Å². The average Bonchev–Trinajstić information content (AvgIpc) is 2.90. The third kappa shape index (κ3) is 2.66. The van der Waals surface area contributed by atoms with Crippen LogP contribution in [-0.2, 0) is 6.42 Å². The lowest BCUT2D eigenvalue weighted by atomic mass is 9.98. The summed E-state index contributed by atoms with van der Waals surface area (Å²) >= 11 is 0. The number of piperidine rings is 1. The normalized spacial score (nSPS) is 25.9. The Morgan fingerprint density at radius 1 is 1.45 bits per heavy atom. The molecule has 0 aromatic heterocycles. The fourth-order valence-corrected chi connectivity index (χ4v) is 3.12. The Bertz CT molecular complexity index is 514. The Morgan fingerprint density at radius 3 is 3.10 bits per heavy atom. The summed E-state index contributed by atoms with van der Waals surface area (Å²) in [5, 5.41) is 6.51. The molecule has 2 atom stereocenters. The number of fused-ring (bicyclic) bond motifs is 1. The number of hydrogen-bond donors (Lipinski definition) is 2. The number of nitrogens with zero attached hydrogens (tertiary/aromatic N) is 1. The Hall–Kier alpha value is -1.55. The number of carbonyl (C=O) groups excluding carboxylic acids is 1. The van der Waals surface area contributed by atoms with Crippen molar-refractivity contribution in [2.45, 2.75) is 38.3 Å². The molecule has 3 rings (SSSR count). The van der Waals surface area contributed by atoms with Crippen LogP contribution in [0.5, 0.6) is 0 Å².